The van der Waals surface area contributed by atoms with Crippen LogP contribution in [0.4, 0.5) is 5.69 Å². The summed E-state index contributed by atoms with van der Waals surface area (Å²) in [5.41, 5.74) is 3.58. The van der Waals surface area contributed by atoms with E-state index in [4.69, 9.17) is 0 Å². The molecule has 0 bridgehead atoms. The van der Waals surface area contributed by atoms with Crippen LogP contribution in [-0.4, -0.2) is 15.5 Å². The number of carbonyl (C=O) groups excluding carboxylic acids is 1. The van der Waals surface area contributed by atoms with Gasteiger partial charge < -0.3 is 14.5 Å². The summed E-state index contributed by atoms with van der Waals surface area (Å²) in [7, 11) is 0. The first kappa shape index (κ1) is 20.6. The molecule has 0 amide bonds. The number of hydrogen-bond donors (Lipinski definition) is 0. The Kier molecular flexibility index (Phi) is 5.51. The molecule has 4 rings (SSSR count). The maximum atomic E-state index is 11.2. The van der Waals surface area contributed by atoms with Crippen molar-refractivity contribution in [3.8, 4) is 6.07 Å². The van der Waals surface area contributed by atoms with E-state index in [2.05, 4.69) is 6.07 Å². The average Bonchev–Trinajstić information content (AvgIpc) is 3.15. The highest BCUT2D eigenvalue weighted by Crippen LogP contribution is 2.27. The van der Waals surface area contributed by atoms with Crippen molar-refractivity contribution in [1.29, 1.82) is 5.26 Å². The molecule has 0 fully saturated rings. The van der Waals surface area contributed by atoms with E-state index >= 15 is 0 Å². The Morgan fingerprint density at radius 3 is 2.47 bits per heavy atom. The van der Waals surface area contributed by atoms with Gasteiger partial charge in [0.1, 0.15) is 0 Å². The number of allylic oxidation sites excluding steroid dienone is 1. The van der Waals surface area contributed by atoms with Crippen molar-refractivity contribution in [3.63, 3.8) is 0 Å². The Hall–Kier alpha value is -4.70. The second-order valence-corrected chi connectivity index (χ2v) is 7.19. The summed E-state index contributed by atoms with van der Waals surface area (Å²) >= 11 is 0. The zero-order valence-corrected chi connectivity index (χ0v) is 16.8. The minimum Gasteiger partial charge on any atom is -0.545 e. The minimum absolute atomic E-state index is 0.0403. The number of carboxylic acid groups (broad SMARTS) is 1. The van der Waals surface area contributed by atoms with Gasteiger partial charge in [-0.1, -0.05) is 36.4 Å². The molecular weight excluding hydrogens is 406 g/mol. The van der Waals surface area contributed by atoms with Crippen molar-refractivity contribution in [1.82, 2.24) is 4.57 Å². The number of non-ortho nitro benzene ring substituents is 1. The maximum Gasteiger partial charge on any atom is 0.269 e. The summed E-state index contributed by atoms with van der Waals surface area (Å²) in [5, 5.41) is 32.7. The molecule has 1 heterocycles. The van der Waals surface area contributed by atoms with Crippen LogP contribution in [0, 0.1) is 21.4 Å². The largest absolute Gasteiger partial charge is 0.545 e. The molecule has 0 saturated heterocycles. The van der Waals surface area contributed by atoms with Gasteiger partial charge in [-0.3, -0.25) is 10.1 Å². The van der Waals surface area contributed by atoms with Gasteiger partial charge in [0.05, 0.1) is 22.5 Å². The first-order chi connectivity index (χ1) is 15.5. The van der Waals surface area contributed by atoms with Crippen LogP contribution in [-0.2, 0) is 6.54 Å². The van der Waals surface area contributed by atoms with Gasteiger partial charge in [-0.15, -0.1) is 0 Å². The zero-order chi connectivity index (χ0) is 22.7. The molecule has 3 aromatic carbocycles. The molecule has 0 aliphatic heterocycles. The average molecular weight is 422 g/mol. The lowest BCUT2D eigenvalue weighted by molar-refractivity contribution is -0.384. The predicted octanol–water partition coefficient (Wildman–Crippen LogP) is 4.03. The Labute approximate surface area is 183 Å². The maximum absolute atomic E-state index is 11.2. The third kappa shape index (κ3) is 4.11. The molecule has 156 valence electrons. The van der Waals surface area contributed by atoms with Crippen LogP contribution in [0.5, 0.6) is 0 Å². The first-order valence-electron chi connectivity index (χ1n) is 9.71. The molecule has 7 nitrogen and oxygen atoms in total. The van der Waals surface area contributed by atoms with Crippen LogP contribution < -0.4 is 5.11 Å². The number of aromatic nitrogens is 1. The molecular formula is C25H16N3O4-. The number of carbonyl (C=O) groups is 1. The van der Waals surface area contributed by atoms with Gasteiger partial charge in [0, 0.05) is 41.3 Å². The number of nitro groups is 1. The predicted molar refractivity (Wildman–Crippen MR) is 118 cm³/mol. The molecule has 0 N–H and O–H groups in total. The third-order valence-electron chi connectivity index (χ3n) is 5.14. The standard InChI is InChI=1S/C25H17N3O4/c26-14-20(18-8-10-22(11-9-18)28(31)32)13-21-16-27(24-7-2-1-6-23(21)24)15-17-4-3-5-19(12-17)25(29)30/h1-13,16H,15H2,(H,29,30)/p-1/b20-13-. The summed E-state index contributed by atoms with van der Waals surface area (Å²) in [5.74, 6) is -1.23. The van der Waals surface area contributed by atoms with Gasteiger partial charge in [0.2, 0.25) is 0 Å². The summed E-state index contributed by atoms with van der Waals surface area (Å²) in [6, 6.07) is 22.3. The number of nitrogens with zero attached hydrogens (tertiary/aromatic N) is 3. The summed E-state index contributed by atoms with van der Waals surface area (Å²) in [6.07, 6.45) is 3.65. The summed E-state index contributed by atoms with van der Waals surface area (Å²) in [4.78, 5) is 21.6. The lowest BCUT2D eigenvalue weighted by Crippen LogP contribution is -2.22. The van der Waals surface area contributed by atoms with Crippen molar-refractivity contribution in [2.24, 2.45) is 0 Å². The van der Waals surface area contributed by atoms with E-state index in [0.29, 0.717) is 17.7 Å². The van der Waals surface area contributed by atoms with Crippen LogP contribution in [0.25, 0.3) is 22.6 Å². The van der Waals surface area contributed by atoms with Crippen LogP contribution in [0.2, 0.25) is 0 Å². The SMILES string of the molecule is N#C/C(=C/c1cn(Cc2cccc(C(=O)[O-])c2)c2ccccc12)c1ccc([N+](=O)[O-])cc1. The highest BCUT2D eigenvalue weighted by molar-refractivity contribution is 5.98. The van der Waals surface area contributed by atoms with Gasteiger partial charge in [-0.25, -0.2) is 0 Å². The molecule has 4 aromatic rings. The van der Waals surface area contributed by atoms with Crippen LogP contribution in [0.1, 0.15) is 27.0 Å². The second-order valence-electron chi connectivity index (χ2n) is 7.19. The number of para-hydroxylation sites is 1. The Balaban J connectivity index is 1.75. The minimum atomic E-state index is -1.23. The number of carboxylic acids is 1. The topological polar surface area (TPSA) is 112 Å². The van der Waals surface area contributed by atoms with Crippen LogP contribution in [0.3, 0.4) is 0 Å². The molecule has 0 aliphatic rings. The zero-order valence-electron chi connectivity index (χ0n) is 16.8. The lowest BCUT2D eigenvalue weighted by atomic mass is 10.0. The number of benzene rings is 3. The highest BCUT2D eigenvalue weighted by Gasteiger charge is 2.11. The number of hydrogen-bond acceptors (Lipinski definition) is 5. The fourth-order valence-electron chi connectivity index (χ4n) is 3.61. The highest BCUT2D eigenvalue weighted by atomic mass is 16.6. The number of nitriles is 1. The third-order valence-corrected chi connectivity index (χ3v) is 5.14. The normalized spacial score (nSPS) is 11.3. The van der Waals surface area contributed by atoms with Gasteiger partial charge in [-0.2, -0.15) is 5.26 Å². The molecule has 7 heteroatoms. The number of aromatic carboxylic acids is 1. The first-order valence-corrected chi connectivity index (χ1v) is 9.71. The number of rotatable bonds is 6. The van der Waals surface area contributed by atoms with Gasteiger partial charge in [-0.05, 0) is 47.0 Å². The molecule has 1 aromatic heterocycles. The van der Waals surface area contributed by atoms with Crippen molar-refractivity contribution in [3.05, 3.63) is 111 Å². The lowest BCUT2D eigenvalue weighted by Gasteiger charge is -2.08. The molecule has 0 atom stereocenters. The smallest absolute Gasteiger partial charge is 0.269 e. The van der Waals surface area contributed by atoms with Gasteiger partial charge >= 0.3 is 0 Å². The van der Waals surface area contributed by atoms with Crippen molar-refractivity contribution in [2.75, 3.05) is 0 Å². The monoisotopic (exact) mass is 422 g/mol. The van der Waals surface area contributed by atoms with E-state index in [9.17, 15) is 25.3 Å². The Bertz CT molecular complexity index is 1410. The van der Waals surface area contributed by atoms with Crippen molar-refractivity contribution in [2.45, 2.75) is 6.54 Å². The molecule has 0 saturated carbocycles. The molecule has 0 unspecified atom stereocenters. The number of nitro benzene ring substituents is 1. The molecule has 0 radical (unpaired) electrons. The number of fused-ring (bicyclic) bond motifs is 1. The molecule has 32 heavy (non-hydrogen) atoms. The van der Waals surface area contributed by atoms with E-state index in [0.717, 1.165) is 22.0 Å². The van der Waals surface area contributed by atoms with E-state index in [1.165, 1.54) is 18.2 Å². The van der Waals surface area contributed by atoms with Gasteiger partial charge in [0.25, 0.3) is 5.69 Å². The quantitative estimate of drug-likeness (QED) is 0.265. The van der Waals surface area contributed by atoms with E-state index in [1.54, 1.807) is 30.3 Å². The van der Waals surface area contributed by atoms with Crippen LogP contribution >= 0.6 is 0 Å². The Morgan fingerprint density at radius 1 is 1.03 bits per heavy atom. The summed E-state index contributed by atoms with van der Waals surface area (Å²) < 4.78 is 1.99. The second kappa shape index (κ2) is 8.58. The summed E-state index contributed by atoms with van der Waals surface area (Å²) in [6.45, 7) is 0.439. The van der Waals surface area contributed by atoms with E-state index < -0.39 is 10.9 Å². The molecule has 0 aliphatic carbocycles. The van der Waals surface area contributed by atoms with E-state index in [-0.39, 0.29) is 11.3 Å². The molecule has 0 spiro atoms. The van der Waals surface area contributed by atoms with Crippen molar-refractivity contribution < 1.29 is 14.8 Å². The van der Waals surface area contributed by atoms with Crippen molar-refractivity contribution >= 4 is 34.2 Å². The Morgan fingerprint density at radius 2 is 1.78 bits per heavy atom. The fourth-order valence-corrected chi connectivity index (χ4v) is 3.61. The van der Waals surface area contributed by atoms with Crippen LogP contribution in [0.15, 0.2) is 79.0 Å². The fraction of sp³-hybridized carbons (Fsp3) is 0.0400. The van der Waals surface area contributed by atoms with E-state index in [1.807, 2.05) is 41.1 Å². The van der Waals surface area contributed by atoms with Gasteiger partial charge in [0.15, 0.2) is 0 Å².